The first-order valence-electron chi connectivity index (χ1n) is 7.92. The van der Waals surface area contributed by atoms with Gasteiger partial charge in [-0.2, -0.15) is 0 Å². The Morgan fingerprint density at radius 2 is 1.56 bits per heavy atom. The third kappa shape index (κ3) is 7.28. The van der Waals surface area contributed by atoms with Gasteiger partial charge in [0.25, 0.3) is 0 Å². The molecule has 2 rings (SSSR count). The Morgan fingerprint density at radius 1 is 0.963 bits per heavy atom. The Hall–Kier alpha value is -2.58. The number of methoxy groups -OCH3 is 2. The molecule has 0 spiro atoms. The van der Waals surface area contributed by atoms with Gasteiger partial charge in [-0.1, -0.05) is 34.1 Å². The molecule has 27 heavy (non-hydrogen) atoms. The van der Waals surface area contributed by atoms with Gasteiger partial charge in [-0.25, -0.2) is 9.59 Å². The maximum atomic E-state index is 9.10. The zero-order valence-corrected chi connectivity index (χ0v) is 16.9. The summed E-state index contributed by atoms with van der Waals surface area (Å²) in [6.07, 6.45) is 0. The van der Waals surface area contributed by atoms with Crippen LogP contribution >= 0.6 is 15.9 Å². The lowest BCUT2D eigenvalue weighted by Crippen LogP contribution is -2.13. The van der Waals surface area contributed by atoms with E-state index in [0.717, 1.165) is 40.2 Å². The van der Waals surface area contributed by atoms with Crippen LogP contribution in [0.15, 0.2) is 40.9 Å². The third-order valence-corrected chi connectivity index (χ3v) is 4.13. The van der Waals surface area contributed by atoms with Crippen LogP contribution in [-0.2, 0) is 22.7 Å². The highest BCUT2D eigenvalue weighted by molar-refractivity contribution is 9.10. The summed E-state index contributed by atoms with van der Waals surface area (Å²) >= 11 is 3.44. The second-order valence-electron chi connectivity index (χ2n) is 5.43. The van der Waals surface area contributed by atoms with Crippen LogP contribution in [0.3, 0.4) is 0 Å². The Bertz CT molecular complexity index is 765. The molecule has 0 aliphatic heterocycles. The van der Waals surface area contributed by atoms with Crippen LogP contribution < -0.4 is 14.8 Å². The maximum Gasteiger partial charge on any atom is 0.414 e. The van der Waals surface area contributed by atoms with E-state index < -0.39 is 11.9 Å². The van der Waals surface area contributed by atoms with Crippen LogP contribution in [0.1, 0.15) is 16.7 Å². The Balaban J connectivity index is 0.000000527. The van der Waals surface area contributed by atoms with Crippen molar-refractivity contribution in [1.82, 2.24) is 5.32 Å². The van der Waals surface area contributed by atoms with E-state index >= 15 is 0 Å². The fourth-order valence-corrected chi connectivity index (χ4v) is 2.58. The molecule has 0 aromatic heterocycles. The molecule has 0 bridgehead atoms. The summed E-state index contributed by atoms with van der Waals surface area (Å²) in [5.74, 6) is -1.91. The summed E-state index contributed by atoms with van der Waals surface area (Å²) in [6, 6.07) is 12.3. The van der Waals surface area contributed by atoms with E-state index in [1.165, 1.54) is 5.56 Å². The topological polar surface area (TPSA) is 105 Å². The molecule has 2 aromatic rings. The number of hydrogen-bond acceptors (Lipinski definition) is 5. The Morgan fingerprint density at radius 3 is 2.04 bits per heavy atom. The molecule has 146 valence electrons. The van der Waals surface area contributed by atoms with Gasteiger partial charge in [-0.3, -0.25) is 0 Å². The van der Waals surface area contributed by atoms with Crippen LogP contribution in [-0.4, -0.2) is 36.4 Å². The van der Waals surface area contributed by atoms with E-state index in [4.69, 9.17) is 29.3 Å². The number of hydrogen-bond donors (Lipinski definition) is 3. The van der Waals surface area contributed by atoms with Gasteiger partial charge in [-0.15, -0.1) is 0 Å². The average Bonchev–Trinajstić information content (AvgIpc) is 2.64. The molecule has 0 saturated heterocycles. The molecule has 0 aliphatic carbocycles. The molecule has 0 radical (unpaired) electrons. The van der Waals surface area contributed by atoms with E-state index in [1.807, 2.05) is 19.1 Å². The van der Waals surface area contributed by atoms with Crippen molar-refractivity contribution in [3.8, 4) is 11.5 Å². The number of benzene rings is 2. The molecular formula is C19H22BrNO6. The van der Waals surface area contributed by atoms with Crippen LogP contribution in [0, 0.1) is 6.92 Å². The summed E-state index contributed by atoms with van der Waals surface area (Å²) in [7, 11) is 3.37. The van der Waals surface area contributed by atoms with E-state index in [-0.39, 0.29) is 0 Å². The van der Waals surface area contributed by atoms with Gasteiger partial charge in [0, 0.05) is 28.7 Å². The molecule has 3 N–H and O–H groups in total. The largest absolute Gasteiger partial charge is 0.496 e. The number of carboxylic acids is 2. The van der Waals surface area contributed by atoms with Crippen molar-refractivity contribution < 1.29 is 29.3 Å². The average molecular weight is 440 g/mol. The smallest absolute Gasteiger partial charge is 0.414 e. The number of carboxylic acid groups (broad SMARTS) is 2. The lowest BCUT2D eigenvalue weighted by molar-refractivity contribution is -0.159. The Kier molecular flexibility index (Phi) is 9.32. The van der Waals surface area contributed by atoms with Gasteiger partial charge in [0.2, 0.25) is 0 Å². The van der Waals surface area contributed by atoms with E-state index in [0.29, 0.717) is 0 Å². The predicted molar refractivity (Wildman–Crippen MR) is 104 cm³/mol. The van der Waals surface area contributed by atoms with Crippen molar-refractivity contribution >= 4 is 27.9 Å². The van der Waals surface area contributed by atoms with Gasteiger partial charge < -0.3 is 25.0 Å². The van der Waals surface area contributed by atoms with Crippen molar-refractivity contribution in [2.24, 2.45) is 0 Å². The molecule has 2 aromatic carbocycles. The van der Waals surface area contributed by atoms with E-state index in [9.17, 15) is 0 Å². The number of aliphatic carboxylic acids is 2. The van der Waals surface area contributed by atoms with Gasteiger partial charge >= 0.3 is 11.9 Å². The lowest BCUT2D eigenvalue weighted by atomic mass is 10.1. The quantitative estimate of drug-likeness (QED) is 0.593. The summed E-state index contributed by atoms with van der Waals surface area (Å²) in [5, 5.41) is 18.2. The van der Waals surface area contributed by atoms with Gasteiger partial charge in [0.15, 0.2) is 0 Å². The molecule has 0 amide bonds. The Labute approximate surface area is 166 Å². The molecule has 0 saturated carbocycles. The SMILES string of the molecule is COc1ccc(CNCc2ccc(Br)cc2)c(OC)c1C.O=C(O)C(=O)O. The zero-order valence-electron chi connectivity index (χ0n) is 15.3. The molecule has 0 atom stereocenters. The van der Waals surface area contributed by atoms with Crippen LogP contribution in [0.25, 0.3) is 0 Å². The molecule has 8 heteroatoms. The minimum Gasteiger partial charge on any atom is -0.496 e. The van der Waals surface area contributed by atoms with Crippen molar-refractivity contribution in [1.29, 1.82) is 0 Å². The summed E-state index contributed by atoms with van der Waals surface area (Å²) < 4.78 is 11.9. The molecule has 0 fully saturated rings. The third-order valence-electron chi connectivity index (χ3n) is 3.60. The highest BCUT2D eigenvalue weighted by Gasteiger charge is 2.10. The zero-order chi connectivity index (χ0) is 20.4. The highest BCUT2D eigenvalue weighted by Crippen LogP contribution is 2.31. The second kappa shape index (κ2) is 11.2. The van der Waals surface area contributed by atoms with Crippen molar-refractivity contribution in [2.75, 3.05) is 14.2 Å². The van der Waals surface area contributed by atoms with E-state index in [2.05, 4.69) is 45.5 Å². The van der Waals surface area contributed by atoms with E-state index in [1.54, 1.807) is 14.2 Å². The summed E-state index contributed by atoms with van der Waals surface area (Å²) in [5.41, 5.74) is 3.42. The van der Waals surface area contributed by atoms with Crippen LogP contribution in [0.5, 0.6) is 11.5 Å². The molecule has 0 heterocycles. The van der Waals surface area contributed by atoms with Gasteiger partial charge in [0.05, 0.1) is 14.2 Å². The van der Waals surface area contributed by atoms with Crippen LogP contribution in [0.4, 0.5) is 0 Å². The highest BCUT2D eigenvalue weighted by atomic mass is 79.9. The first-order valence-corrected chi connectivity index (χ1v) is 8.71. The predicted octanol–water partition coefficient (Wildman–Crippen LogP) is 3.22. The molecule has 0 unspecified atom stereocenters. The first kappa shape index (κ1) is 22.5. The number of carbonyl (C=O) groups is 2. The molecular weight excluding hydrogens is 418 g/mol. The number of rotatable bonds is 6. The van der Waals surface area contributed by atoms with Crippen molar-refractivity contribution in [2.45, 2.75) is 20.0 Å². The van der Waals surface area contributed by atoms with Gasteiger partial charge in [-0.05, 0) is 30.7 Å². The standard InChI is InChI=1S/C17H20BrNO2.C2H2O4/c1-12-16(20-2)9-6-14(17(12)21-3)11-19-10-13-4-7-15(18)8-5-13;3-1(4)2(5)6/h4-9,19H,10-11H2,1-3H3;(H,3,4)(H,5,6). The number of halogens is 1. The number of ether oxygens (including phenoxy) is 2. The normalized spacial score (nSPS) is 9.78. The number of nitrogens with one attached hydrogen (secondary N) is 1. The lowest BCUT2D eigenvalue weighted by Gasteiger charge is -2.15. The van der Waals surface area contributed by atoms with Crippen LogP contribution in [0.2, 0.25) is 0 Å². The van der Waals surface area contributed by atoms with Crippen molar-refractivity contribution in [3.63, 3.8) is 0 Å². The monoisotopic (exact) mass is 439 g/mol. The minimum absolute atomic E-state index is 0.754. The second-order valence-corrected chi connectivity index (χ2v) is 6.34. The minimum atomic E-state index is -1.82. The fourth-order valence-electron chi connectivity index (χ4n) is 2.32. The molecule has 0 aliphatic rings. The molecule has 7 nitrogen and oxygen atoms in total. The van der Waals surface area contributed by atoms with Gasteiger partial charge in [0.1, 0.15) is 11.5 Å². The van der Waals surface area contributed by atoms with Crippen molar-refractivity contribution in [3.05, 3.63) is 57.6 Å². The fraction of sp³-hybridized carbons (Fsp3) is 0.263. The summed E-state index contributed by atoms with van der Waals surface area (Å²) in [4.78, 5) is 18.2. The maximum absolute atomic E-state index is 9.10. The first-order chi connectivity index (χ1) is 12.8. The summed E-state index contributed by atoms with van der Waals surface area (Å²) in [6.45, 7) is 3.58.